The molecule has 0 bridgehead atoms. The van der Waals surface area contributed by atoms with Crippen molar-refractivity contribution in [3.05, 3.63) is 44.0 Å². The van der Waals surface area contributed by atoms with Gasteiger partial charge in [-0.25, -0.2) is 0 Å². The van der Waals surface area contributed by atoms with Gasteiger partial charge in [0.05, 0.1) is 5.57 Å². The van der Waals surface area contributed by atoms with E-state index in [-0.39, 0.29) is 12.2 Å². The first-order valence-electron chi connectivity index (χ1n) is 6.05. The zero-order valence-corrected chi connectivity index (χ0v) is 11.6. The number of carbonyl (C=O) groups excluding carboxylic acids is 1. The molecule has 2 rings (SSSR count). The van der Waals surface area contributed by atoms with E-state index in [0.717, 1.165) is 11.1 Å². The van der Waals surface area contributed by atoms with Gasteiger partial charge in [0.1, 0.15) is 5.69 Å². The van der Waals surface area contributed by atoms with Crippen LogP contribution in [0.3, 0.4) is 0 Å². The van der Waals surface area contributed by atoms with E-state index in [1.807, 2.05) is 0 Å². The van der Waals surface area contributed by atoms with E-state index >= 15 is 0 Å². The van der Waals surface area contributed by atoms with Crippen molar-refractivity contribution in [1.29, 1.82) is 0 Å². The lowest BCUT2D eigenvalue weighted by molar-refractivity contribution is -0.166. The van der Waals surface area contributed by atoms with Crippen LogP contribution in [-0.4, -0.2) is 42.6 Å². The number of hydrogen-bond donors (Lipinski definition) is 1. The van der Waals surface area contributed by atoms with E-state index in [1.165, 1.54) is 25.1 Å². The number of likely N-dealkylation sites (N-methyl/N-ethyl adjacent to an activating group) is 1. The maximum absolute atomic E-state index is 12.7. The zero-order chi connectivity index (χ0) is 16.8. The normalized spacial score (nSPS) is 15.6. The molecule has 0 amide bonds. The van der Waals surface area contributed by atoms with Gasteiger partial charge in [-0.3, -0.25) is 14.4 Å². The monoisotopic (exact) mass is 316 g/mol. The van der Waals surface area contributed by atoms with Crippen molar-refractivity contribution in [2.45, 2.75) is 6.18 Å². The average molecular weight is 316 g/mol. The van der Waals surface area contributed by atoms with Crippen LogP contribution in [0.1, 0.15) is 0 Å². The molecule has 0 saturated carbocycles. The fourth-order valence-corrected chi connectivity index (χ4v) is 2.11. The summed E-state index contributed by atoms with van der Waals surface area (Å²) >= 11 is 0. The number of allylic oxidation sites excluding steroid dienone is 1. The third kappa shape index (κ3) is 2.38. The first-order valence-corrected chi connectivity index (χ1v) is 6.05. The standard InChI is InChI=1S/C13H11F3N2O4/c1-17(2)7-3-4-18(8-9(19)11(21)10(8)20)5-6(7)12(22)13(14,15)16/h3,5,19H,4H2,1-2H3. The molecule has 1 aliphatic rings. The van der Waals surface area contributed by atoms with Gasteiger partial charge in [0.25, 0.3) is 16.6 Å². The molecule has 0 atom stereocenters. The quantitative estimate of drug-likeness (QED) is 0.807. The molecule has 0 aliphatic carbocycles. The highest BCUT2D eigenvalue weighted by Crippen LogP contribution is 2.31. The lowest BCUT2D eigenvalue weighted by atomic mass is 10.0. The first kappa shape index (κ1) is 15.8. The molecule has 6 nitrogen and oxygen atoms in total. The van der Waals surface area contributed by atoms with Crippen LogP contribution in [0.4, 0.5) is 18.9 Å². The van der Waals surface area contributed by atoms with Crippen LogP contribution in [0.2, 0.25) is 0 Å². The molecule has 1 heterocycles. The van der Waals surface area contributed by atoms with Crippen molar-refractivity contribution >= 4 is 11.5 Å². The SMILES string of the molecule is CN(C)C1=CCN(c2c(O)c(=O)c2=O)C=C1C(=O)C(F)(F)F. The van der Waals surface area contributed by atoms with Crippen molar-refractivity contribution in [3.63, 3.8) is 0 Å². The Labute approximate surface area is 122 Å². The van der Waals surface area contributed by atoms with Gasteiger partial charge in [-0.2, -0.15) is 13.2 Å². The van der Waals surface area contributed by atoms with Crippen LogP contribution in [0, 0.1) is 0 Å². The highest BCUT2D eigenvalue weighted by atomic mass is 19.4. The minimum atomic E-state index is -5.08. The molecule has 0 saturated heterocycles. The summed E-state index contributed by atoms with van der Waals surface area (Å²) in [6.45, 7) is -0.0550. The average Bonchev–Trinajstić information content (AvgIpc) is 2.44. The van der Waals surface area contributed by atoms with Crippen LogP contribution >= 0.6 is 0 Å². The molecule has 22 heavy (non-hydrogen) atoms. The number of Topliss-reactive ketones (excluding diaryl/α,β-unsaturated/α-hetero) is 1. The van der Waals surface area contributed by atoms with Crippen LogP contribution in [0.5, 0.6) is 5.75 Å². The number of carbonyl (C=O) groups is 1. The molecule has 0 unspecified atom stereocenters. The van der Waals surface area contributed by atoms with E-state index < -0.39 is 39.8 Å². The number of anilines is 1. The summed E-state index contributed by atoms with van der Waals surface area (Å²) < 4.78 is 38.0. The van der Waals surface area contributed by atoms with Crippen molar-refractivity contribution in [1.82, 2.24) is 4.90 Å². The second-order valence-corrected chi connectivity index (χ2v) is 4.86. The number of aromatic hydroxyl groups is 1. The number of halogens is 3. The Morgan fingerprint density at radius 2 is 1.86 bits per heavy atom. The predicted octanol–water partition coefficient (Wildman–Crippen LogP) is 0.269. The number of alkyl halides is 3. The summed E-state index contributed by atoms with van der Waals surface area (Å²) in [6.07, 6.45) is -2.96. The Hall–Kier alpha value is -2.58. The summed E-state index contributed by atoms with van der Waals surface area (Å²) in [6, 6.07) is 0. The Bertz CT molecular complexity index is 767. The fourth-order valence-electron chi connectivity index (χ4n) is 2.11. The fraction of sp³-hybridized carbons (Fsp3) is 0.308. The van der Waals surface area contributed by atoms with Crippen molar-refractivity contribution in [3.8, 4) is 5.75 Å². The van der Waals surface area contributed by atoms with Gasteiger partial charge in [-0.15, -0.1) is 0 Å². The summed E-state index contributed by atoms with van der Waals surface area (Å²) in [5.41, 5.74) is -3.15. The summed E-state index contributed by atoms with van der Waals surface area (Å²) in [4.78, 5) is 36.2. The maximum atomic E-state index is 12.7. The molecule has 1 aromatic rings. The number of nitrogens with zero attached hydrogens (tertiary/aromatic N) is 2. The lowest BCUT2D eigenvalue weighted by Crippen LogP contribution is -2.40. The van der Waals surface area contributed by atoms with Crippen LogP contribution in [0.25, 0.3) is 0 Å². The van der Waals surface area contributed by atoms with Gasteiger partial charge >= 0.3 is 6.18 Å². The molecule has 9 heteroatoms. The Balaban J connectivity index is 2.48. The Morgan fingerprint density at radius 1 is 1.27 bits per heavy atom. The second kappa shape index (κ2) is 5.00. The van der Waals surface area contributed by atoms with Gasteiger partial charge in [-0.1, -0.05) is 0 Å². The van der Waals surface area contributed by atoms with Crippen LogP contribution in [-0.2, 0) is 4.79 Å². The van der Waals surface area contributed by atoms with Gasteiger partial charge < -0.3 is 14.9 Å². The summed E-state index contributed by atoms with van der Waals surface area (Å²) in [5, 5.41) is 9.36. The van der Waals surface area contributed by atoms with Crippen molar-refractivity contribution in [2.75, 3.05) is 25.5 Å². The van der Waals surface area contributed by atoms with Crippen molar-refractivity contribution in [2.24, 2.45) is 0 Å². The molecular formula is C13H11F3N2O4. The number of ketones is 1. The van der Waals surface area contributed by atoms with Gasteiger partial charge in [-0.05, 0) is 6.08 Å². The summed E-state index contributed by atoms with van der Waals surface area (Å²) in [7, 11) is 2.93. The number of rotatable bonds is 3. The molecule has 118 valence electrons. The predicted molar refractivity (Wildman–Crippen MR) is 71.3 cm³/mol. The van der Waals surface area contributed by atoms with E-state index in [1.54, 1.807) is 0 Å². The molecule has 0 aromatic heterocycles. The Kier molecular flexibility index (Phi) is 3.59. The van der Waals surface area contributed by atoms with E-state index in [9.17, 15) is 32.7 Å². The van der Waals surface area contributed by atoms with Crippen LogP contribution < -0.4 is 15.8 Å². The topological polar surface area (TPSA) is 77.9 Å². The van der Waals surface area contributed by atoms with Gasteiger partial charge in [0.15, 0.2) is 5.75 Å². The minimum absolute atomic E-state index is 0.0387. The molecule has 0 fully saturated rings. The largest absolute Gasteiger partial charge is 0.502 e. The summed E-state index contributed by atoms with van der Waals surface area (Å²) in [5.74, 6) is -2.89. The third-order valence-corrected chi connectivity index (χ3v) is 3.17. The molecule has 1 aliphatic heterocycles. The maximum Gasteiger partial charge on any atom is 0.455 e. The van der Waals surface area contributed by atoms with Crippen LogP contribution in [0.15, 0.2) is 33.1 Å². The highest BCUT2D eigenvalue weighted by molar-refractivity contribution is 6.04. The zero-order valence-electron chi connectivity index (χ0n) is 11.6. The molecule has 1 aromatic carbocycles. The highest BCUT2D eigenvalue weighted by Gasteiger charge is 2.43. The lowest BCUT2D eigenvalue weighted by Gasteiger charge is -2.29. The van der Waals surface area contributed by atoms with Gasteiger partial charge in [0, 0.05) is 32.5 Å². The Morgan fingerprint density at radius 3 is 2.32 bits per heavy atom. The molecule has 0 radical (unpaired) electrons. The molecule has 0 spiro atoms. The first-order chi connectivity index (χ1) is 10.1. The van der Waals surface area contributed by atoms with Crippen molar-refractivity contribution < 1.29 is 23.1 Å². The minimum Gasteiger partial charge on any atom is -0.502 e. The third-order valence-electron chi connectivity index (χ3n) is 3.17. The van der Waals surface area contributed by atoms with E-state index in [2.05, 4.69) is 0 Å². The van der Waals surface area contributed by atoms with Gasteiger partial charge in [0.2, 0.25) is 0 Å². The molecule has 1 N–H and O–H groups in total. The smallest absolute Gasteiger partial charge is 0.455 e. The van der Waals surface area contributed by atoms with E-state index in [4.69, 9.17) is 0 Å². The molecular weight excluding hydrogens is 305 g/mol. The van der Waals surface area contributed by atoms with E-state index in [0.29, 0.717) is 0 Å². The second-order valence-electron chi connectivity index (χ2n) is 4.86. The number of hydrogen-bond acceptors (Lipinski definition) is 6.